The van der Waals surface area contributed by atoms with Gasteiger partial charge < -0.3 is 10.4 Å². The van der Waals surface area contributed by atoms with Gasteiger partial charge >= 0.3 is 0 Å². The van der Waals surface area contributed by atoms with Gasteiger partial charge in [0, 0.05) is 31.9 Å². The van der Waals surface area contributed by atoms with E-state index in [1.807, 2.05) is 42.9 Å². The van der Waals surface area contributed by atoms with Gasteiger partial charge in [-0.15, -0.1) is 0 Å². The van der Waals surface area contributed by atoms with Crippen molar-refractivity contribution in [1.29, 1.82) is 0 Å². The molecule has 4 heteroatoms. The van der Waals surface area contributed by atoms with E-state index in [9.17, 15) is 5.11 Å². The predicted octanol–water partition coefficient (Wildman–Crippen LogP) is 1.72. The third kappa shape index (κ3) is 2.65. The lowest BCUT2D eigenvalue weighted by Crippen LogP contribution is -2.15. The predicted molar refractivity (Wildman–Crippen MR) is 66.6 cm³/mol. The second-order valence-electron chi connectivity index (χ2n) is 4.13. The second-order valence-corrected chi connectivity index (χ2v) is 4.13. The van der Waals surface area contributed by atoms with Crippen LogP contribution in [-0.2, 0) is 20.1 Å². The number of aryl methyl sites for hydroxylation is 2. The Morgan fingerprint density at radius 1 is 1.29 bits per heavy atom. The molecule has 0 unspecified atom stereocenters. The Kier molecular flexibility index (Phi) is 3.44. The fourth-order valence-corrected chi connectivity index (χ4v) is 1.76. The van der Waals surface area contributed by atoms with E-state index < -0.39 is 0 Å². The lowest BCUT2D eigenvalue weighted by molar-refractivity contribution is 0.459. The van der Waals surface area contributed by atoms with Crippen LogP contribution in [0.2, 0.25) is 0 Å². The van der Waals surface area contributed by atoms with Gasteiger partial charge in [-0.2, -0.15) is 5.10 Å². The number of aromatic hydroxyl groups is 1. The normalized spacial score (nSPS) is 10.7. The number of para-hydroxylation sites is 1. The summed E-state index contributed by atoms with van der Waals surface area (Å²) in [6.45, 7) is 3.29. The Morgan fingerprint density at radius 3 is 2.82 bits per heavy atom. The van der Waals surface area contributed by atoms with Crippen molar-refractivity contribution in [1.82, 2.24) is 15.1 Å². The van der Waals surface area contributed by atoms with Gasteiger partial charge in [0.1, 0.15) is 5.75 Å². The Balaban J connectivity index is 1.95. The number of nitrogens with one attached hydrogen (secondary N) is 1. The van der Waals surface area contributed by atoms with Gasteiger partial charge in [0.2, 0.25) is 0 Å². The fourth-order valence-electron chi connectivity index (χ4n) is 1.76. The third-order valence-corrected chi connectivity index (χ3v) is 2.87. The number of phenolic OH excluding ortho intramolecular Hbond substituents is 1. The highest BCUT2D eigenvalue weighted by molar-refractivity contribution is 5.39. The van der Waals surface area contributed by atoms with Gasteiger partial charge in [0.05, 0.1) is 5.69 Å². The highest BCUT2D eigenvalue weighted by Crippen LogP contribution is 2.20. The minimum Gasteiger partial charge on any atom is -0.507 e. The first-order valence-corrected chi connectivity index (χ1v) is 5.63. The minimum atomic E-state index is 0.380. The molecule has 0 amide bonds. The van der Waals surface area contributed by atoms with Crippen molar-refractivity contribution in [2.45, 2.75) is 20.0 Å². The number of aromatic nitrogens is 2. The van der Waals surface area contributed by atoms with Crippen molar-refractivity contribution in [3.8, 4) is 5.75 Å². The Labute approximate surface area is 101 Å². The molecule has 2 rings (SSSR count). The zero-order chi connectivity index (χ0) is 12.3. The molecule has 1 heterocycles. The molecule has 90 valence electrons. The standard InChI is InChI=1S/C13H17N3O/c1-10-4-3-5-11(13(10)17)8-14-9-12-6-7-15-16(12)2/h3-7,14,17H,8-9H2,1-2H3. The van der Waals surface area contributed by atoms with Crippen molar-refractivity contribution < 1.29 is 5.11 Å². The molecule has 0 aliphatic carbocycles. The van der Waals surface area contributed by atoms with Gasteiger partial charge in [-0.25, -0.2) is 0 Å². The molecule has 2 N–H and O–H groups in total. The van der Waals surface area contributed by atoms with E-state index in [0.29, 0.717) is 12.3 Å². The smallest absolute Gasteiger partial charge is 0.122 e. The lowest BCUT2D eigenvalue weighted by atomic mass is 10.1. The van der Waals surface area contributed by atoms with Gasteiger partial charge in [-0.3, -0.25) is 4.68 Å². The monoisotopic (exact) mass is 231 g/mol. The van der Waals surface area contributed by atoms with Crippen LogP contribution in [0.5, 0.6) is 5.75 Å². The molecule has 0 aliphatic heterocycles. The summed E-state index contributed by atoms with van der Waals surface area (Å²) in [6, 6.07) is 7.76. The van der Waals surface area contributed by atoms with Gasteiger partial charge in [0.25, 0.3) is 0 Å². The molecule has 1 aromatic carbocycles. The molecule has 0 bridgehead atoms. The Bertz CT molecular complexity index is 505. The molecule has 0 radical (unpaired) electrons. The molecular weight excluding hydrogens is 214 g/mol. The molecule has 0 spiro atoms. The first kappa shape index (κ1) is 11.7. The number of hydrogen-bond donors (Lipinski definition) is 2. The number of rotatable bonds is 4. The summed E-state index contributed by atoms with van der Waals surface area (Å²) in [4.78, 5) is 0. The molecule has 0 aliphatic rings. The molecule has 1 aromatic heterocycles. The number of nitrogens with zero attached hydrogens (tertiary/aromatic N) is 2. The zero-order valence-corrected chi connectivity index (χ0v) is 10.1. The summed E-state index contributed by atoms with van der Waals surface area (Å²) in [5, 5.41) is 17.2. The molecule has 4 nitrogen and oxygen atoms in total. The largest absolute Gasteiger partial charge is 0.507 e. The van der Waals surface area contributed by atoms with Crippen LogP contribution < -0.4 is 5.32 Å². The molecule has 0 atom stereocenters. The maximum absolute atomic E-state index is 9.85. The summed E-state index contributed by atoms with van der Waals surface area (Å²) < 4.78 is 1.84. The molecule has 0 saturated heterocycles. The van der Waals surface area contributed by atoms with Crippen LogP contribution >= 0.6 is 0 Å². The zero-order valence-electron chi connectivity index (χ0n) is 10.1. The van der Waals surface area contributed by atoms with Crippen LogP contribution in [0.4, 0.5) is 0 Å². The van der Waals surface area contributed by atoms with Crippen LogP contribution in [-0.4, -0.2) is 14.9 Å². The van der Waals surface area contributed by atoms with E-state index in [-0.39, 0.29) is 0 Å². The molecule has 0 fully saturated rings. The molecule has 17 heavy (non-hydrogen) atoms. The van der Waals surface area contributed by atoms with E-state index >= 15 is 0 Å². The number of benzene rings is 1. The van der Waals surface area contributed by atoms with E-state index in [1.54, 1.807) is 6.20 Å². The fraction of sp³-hybridized carbons (Fsp3) is 0.308. The van der Waals surface area contributed by atoms with Gasteiger partial charge in [-0.1, -0.05) is 18.2 Å². The van der Waals surface area contributed by atoms with Crippen LogP contribution in [0.1, 0.15) is 16.8 Å². The molecular formula is C13H17N3O. The van der Waals surface area contributed by atoms with Crippen molar-refractivity contribution in [3.63, 3.8) is 0 Å². The average Bonchev–Trinajstić information content (AvgIpc) is 2.71. The average molecular weight is 231 g/mol. The van der Waals surface area contributed by atoms with Crippen LogP contribution in [0.15, 0.2) is 30.5 Å². The van der Waals surface area contributed by atoms with Crippen LogP contribution in [0.3, 0.4) is 0 Å². The highest BCUT2D eigenvalue weighted by atomic mass is 16.3. The SMILES string of the molecule is Cc1cccc(CNCc2ccnn2C)c1O. The molecule has 2 aromatic rings. The second kappa shape index (κ2) is 5.01. The Hall–Kier alpha value is -1.81. The summed E-state index contributed by atoms with van der Waals surface area (Å²) >= 11 is 0. The first-order valence-electron chi connectivity index (χ1n) is 5.63. The minimum absolute atomic E-state index is 0.380. The van der Waals surface area contributed by atoms with E-state index in [0.717, 1.165) is 23.4 Å². The first-order chi connectivity index (χ1) is 8.18. The van der Waals surface area contributed by atoms with E-state index in [2.05, 4.69) is 10.4 Å². The summed E-state index contributed by atoms with van der Waals surface area (Å²) in [7, 11) is 1.92. The summed E-state index contributed by atoms with van der Waals surface area (Å²) in [5.41, 5.74) is 2.95. The number of phenols is 1. The lowest BCUT2D eigenvalue weighted by Gasteiger charge is -2.08. The quantitative estimate of drug-likeness (QED) is 0.842. The summed E-state index contributed by atoms with van der Waals surface area (Å²) in [6.07, 6.45) is 1.78. The van der Waals surface area contributed by atoms with Crippen LogP contribution in [0, 0.1) is 6.92 Å². The van der Waals surface area contributed by atoms with E-state index in [4.69, 9.17) is 0 Å². The summed E-state index contributed by atoms with van der Waals surface area (Å²) in [5.74, 6) is 0.380. The maximum Gasteiger partial charge on any atom is 0.122 e. The third-order valence-electron chi connectivity index (χ3n) is 2.87. The van der Waals surface area contributed by atoms with Gasteiger partial charge in [-0.05, 0) is 18.6 Å². The van der Waals surface area contributed by atoms with E-state index in [1.165, 1.54) is 0 Å². The van der Waals surface area contributed by atoms with Crippen molar-refractivity contribution in [3.05, 3.63) is 47.3 Å². The topological polar surface area (TPSA) is 50.1 Å². The van der Waals surface area contributed by atoms with Crippen molar-refractivity contribution in [2.75, 3.05) is 0 Å². The van der Waals surface area contributed by atoms with Crippen molar-refractivity contribution >= 4 is 0 Å². The van der Waals surface area contributed by atoms with Crippen LogP contribution in [0.25, 0.3) is 0 Å². The Morgan fingerprint density at radius 2 is 2.12 bits per heavy atom. The highest BCUT2D eigenvalue weighted by Gasteiger charge is 2.03. The van der Waals surface area contributed by atoms with Crippen molar-refractivity contribution in [2.24, 2.45) is 7.05 Å². The maximum atomic E-state index is 9.85. The van der Waals surface area contributed by atoms with Gasteiger partial charge in [0.15, 0.2) is 0 Å². The number of hydrogen-bond acceptors (Lipinski definition) is 3. The molecule has 0 saturated carbocycles.